The Kier molecular flexibility index (Phi) is 5.53. The minimum atomic E-state index is -0.0767. The number of aromatic nitrogens is 2. The van der Waals surface area contributed by atoms with Crippen molar-refractivity contribution in [2.24, 2.45) is 0 Å². The molecule has 4 aromatic rings. The zero-order chi connectivity index (χ0) is 22.1. The quantitative estimate of drug-likeness (QED) is 0.468. The maximum atomic E-state index is 6.11. The van der Waals surface area contributed by atoms with Gasteiger partial charge in [0.2, 0.25) is 0 Å². The molecule has 1 N–H and O–H groups in total. The highest BCUT2D eigenvalue weighted by molar-refractivity contribution is 5.92. The largest absolute Gasteiger partial charge is 0.487 e. The van der Waals surface area contributed by atoms with Crippen LogP contribution in [0.1, 0.15) is 31.3 Å². The highest BCUT2D eigenvalue weighted by atomic mass is 16.6. The summed E-state index contributed by atoms with van der Waals surface area (Å²) >= 11 is 0. The summed E-state index contributed by atoms with van der Waals surface area (Å²) in [5.41, 5.74) is 2.02. The van der Waals surface area contributed by atoms with Gasteiger partial charge in [0.05, 0.1) is 18.7 Å². The number of fused-ring (bicyclic) bond motifs is 3. The molecule has 6 heteroatoms. The lowest BCUT2D eigenvalue weighted by atomic mass is 10.0. The fourth-order valence-corrected chi connectivity index (χ4v) is 4.04. The first-order valence-corrected chi connectivity index (χ1v) is 11.0. The summed E-state index contributed by atoms with van der Waals surface area (Å²) in [6.07, 6.45) is -0.0767. The summed E-state index contributed by atoms with van der Waals surface area (Å²) in [4.78, 5) is 9.36. The highest BCUT2D eigenvalue weighted by Gasteiger charge is 2.18. The van der Waals surface area contributed by atoms with E-state index in [0.717, 1.165) is 16.7 Å². The average molecular weight is 430 g/mol. The molecule has 2 heterocycles. The van der Waals surface area contributed by atoms with Crippen LogP contribution in [-0.2, 0) is 4.74 Å². The van der Waals surface area contributed by atoms with E-state index < -0.39 is 0 Å². The molecule has 0 aliphatic carbocycles. The van der Waals surface area contributed by atoms with Gasteiger partial charge in [0.25, 0.3) is 0 Å². The van der Waals surface area contributed by atoms with E-state index in [2.05, 4.69) is 59.7 Å². The Morgan fingerprint density at radius 1 is 0.969 bits per heavy atom. The SMILES string of the molecule is Cc1nc(NC(C)c2ccc3ccccc3c2)c2cc3c(cc2n1)OCCOC[C@H](C)O3. The molecule has 6 nitrogen and oxygen atoms in total. The fraction of sp³-hybridized carbons (Fsp3) is 0.308. The van der Waals surface area contributed by atoms with Crippen molar-refractivity contribution in [1.29, 1.82) is 0 Å². The Morgan fingerprint density at radius 2 is 1.81 bits per heavy atom. The number of aryl methyl sites for hydroxylation is 1. The van der Waals surface area contributed by atoms with E-state index in [0.29, 0.717) is 37.1 Å². The van der Waals surface area contributed by atoms with Gasteiger partial charge in [0.1, 0.15) is 24.4 Å². The number of hydrogen-bond donors (Lipinski definition) is 1. The predicted molar refractivity (Wildman–Crippen MR) is 127 cm³/mol. The second-order valence-corrected chi connectivity index (χ2v) is 8.26. The predicted octanol–water partition coefficient (Wildman–Crippen LogP) is 5.44. The Morgan fingerprint density at radius 3 is 2.69 bits per heavy atom. The molecule has 1 aliphatic rings. The maximum absolute atomic E-state index is 6.11. The van der Waals surface area contributed by atoms with Gasteiger partial charge in [-0.1, -0.05) is 36.4 Å². The molecule has 0 saturated carbocycles. The van der Waals surface area contributed by atoms with Gasteiger partial charge >= 0.3 is 0 Å². The number of nitrogens with zero attached hydrogens (tertiary/aromatic N) is 2. The first kappa shape index (κ1) is 20.5. The molecule has 1 aromatic heterocycles. The van der Waals surface area contributed by atoms with E-state index in [1.54, 1.807) is 0 Å². The maximum Gasteiger partial charge on any atom is 0.163 e. The van der Waals surface area contributed by atoms with Crippen LogP contribution in [0.2, 0.25) is 0 Å². The van der Waals surface area contributed by atoms with Crippen molar-refractivity contribution in [1.82, 2.24) is 9.97 Å². The molecule has 0 radical (unpaired) electrons. The van der Waals surface area contributed by atoms with Crippen LogP contribution in [-0.4, -0.2) is 35.9 Å². The van der Waals surface area contributed by atoms with Gasteiger partial charge in [-0.15, -0.1) is 0 Å². The highest BCUT2D eigenvalue weighted by Crippen LogP contribution is 2.36. The number of nitrogens with one attached hydrogen (secondary N) is 1. The molecule has 0 amide bonds. The van der Waals surface area contributed by atoms with Crippen molar-refractivity contribution < 1.29 is 14.2 Å². The molecule has 0 fully saturated rings. The number of hydrogen-bond acceptors (Lipinski definition) is 6. The van der Waals surface area contributed by atoms with Crippen molar-refractivity contribution in [2.75, 3.05) is 25.1 Å². The van der Waals surface area contributed by atoms with Crippen molar-refractivity contribution in [3.05, 3.63) is 66.0 Å². The lowest BCUT2D eigenvalue weighted by Gasteiger charge is -2.19. The molecular weight excluding hydrogens is 402 g/mol. The van der Waals surface area contributed by atoms with Crippen LogP contribution in [0.25, 0.3) is 21.7 Å². The summed E-state index contributed by atoms with van der Waals surface area (Å²) in [5, 5.41) is 6.95. The average Bonchev–Trinajstić information content (AvgIpc) is 2.87. The van der Waals surface area contributed by atoms with E-state index in [9.17, 15) is 0 Å². The second kappa shape index (κ2) is 8.63. The minimum Gasteiger partial charge on any atom is -0.487 e. The van der Waals surface area contributed by atoms with Crippen LogP contribution >= 0.6 is 0 Å². The van der Waals surface area contributed by atoms with Crippen LogP contribution in [0.4, 0.5) is 5.82 Å². The fourth-order valence-electron chi connectivity index (χ4n) is 4.04. The third-order valence-electron chi connectivity index (χ3n) is 5.67. The van der Waals surface area contributed by atoms with Crippen LogP contribution in [0.15, 0.2) is 54.6 Å². The normalized spacial score (nSPS) is 17.4. The molecular formula is C26H27N3O3. The molecule has 5 rings (SSSR count). The first-order chi connectivity index (χ1) is 15.6. The van der Waals surface area contributed by atoms with Crippen LogP contribution in [0, 0.1) is 6.92 Å². The van der Waals surface area contributed by atoms with E-state index in [1.807, 2.05) is 26.0 Å². The molecule has 1 unspecified atom stereocenters. The first-order valence-electron chi connectivity index (χ1n) is 11.0. The van der Waals surface area contributed by atoms with E-state index in [-0.39, 0.29) is 12.1 Å². The Hall–Kier alpha value is -3.38. The summed E-state index contributed by atoms with van der Waals surface area (Å²) in [6.45, 7) is 7.57. The van der Waals surface area contributed by atoms with Crippen molar-refractivity contribution >= 4 is 27.5 Å². The molecule has 3 aromatic carbocycles. The number of anilines is 1. The van der Waals surface area contributed by atoms with Gasteiger partial charge in [-0.2, -0.15) is 0 Å². The number of benzene rings is 3. The minimum absolute atomic E-state index is 0.0619. The van der Waals surface area contributed by atoms with Gasteiger partial charge in [0, 0.05) is 17.5 Å². The van der Waals surface area contributed by atoms with Gasteiger partial charge < -0.3 is 19.5 Å². The molecule has 164 valence electrons. The molecule has 0 bridgehead atoms. The summed E-state index contributed by atoms with van der Waals surface area (Å²) < 4.78 is 17.6. The lowest BCUT2D eigenvalue weighted by Crippen LogP contribution is -2.19. The molecule has 0 spiro atoms. The zero-order valence-corrected chi connectivity index (χ0v) is 18.6. The monoisotopic (exact) mass is 429 g/mol. The molecule has 1 aliphatic heterocycles. The second-order valence-electron chi connectivity index (χ2n) is 8.26. The van der Waals surface area contributed by atoms with Gasteiger partial charge in [-0.3, -0.25) is 0 Å². The summed E-state index contributed by atoms with van der Waals surface area (Å²) in [7, 11) is 0. The molecule has 32 heavy (non-hydrogen) atoms. The third-order valence-corrected chi connectivity index (χ3v) is 5.67. The number of ether oxygens (including phenoxy) is 3. The van der Waals surface area contributed by atoms with E-state index >= 15 is 0 Å². The smallest absolute Gasteiger partial charge is 0.163 e. The zero-order valence-electron chi connectivity index (χ0n) is 18.6. The Balaban J connectivity index is 1.52. The Labute approximate surface area is 187 Å². The van der Waals surface area contributed by atoms with Gasteiger partial charge in [0.15, 0.2) is 11.5 Å². The lowest BCUT2D eigenvalue weighted by molar-refractivity contribution is 0.0546. The standard InChI is InChI=1S/C26H27N3O3/c1-16-15-30-10-11-31-24-14-23-22(13-25(24)32-16)26(29-18(3)28-23)27-17(2)20-9-8-19-6-4-5-7-21(19)12-20/h4-9,12-14,16-17H,10-11,15H2,1-3H3,(H,27,28,29)/t16-,17?/m0/s1. The summed E-state index contributed by atoms with van der Waals surface area (Å²) in [5.74, 6) is 2.85. The van der Waals surface area contributed by atoms with Gasteiger partial charge in [-0.25, -0.2) is 9.97 Å². The third kappa shape index (κ3) is 4.18. The van der Waals surface area contributed by atoms with Gasteiger partial charge in [-0.05, 0) is 49.2 Å². The van der Waals surface area contributed by atoms with Crippen molar-refractivity contribution in [2.45, 2.75) is 32.9 Å². The van der Waals surface area contributed by atoms with Crippen LogP contribution < -0.4 is 14.8 Å². The van der Waals surface area contributed by atoms with E-state index in [1.165, 1.54) is 16.3 Å². The summed E-state index contributed by atoms with van der Waals surface area (Å²) in [6, 6.07) is 18.9. The van der Waals surface area contributed by atoms with Crippen LogP contribution in [0.5, 0.6) is 11.5 Å². The van der Waals surface area contributed by atoms with E-state index in [4.69, 9.17) is 19.2 Å². The Bertz CT molecular complexity index is 1270. The molecule has 2 atom stereocenters. The number of rotatable bonds is 3. The topological polar surface area (TPSA) is 65.5 Å². The van der Waals surface area contributed by atoms with Crippen LogP contribution in [0.3, 0.4) is 0 Å². The molecule has 0 saturated heterocycles. The van der Waals surface area contributed by atoms with Crippen molar-refractivity contribution in [3.63, 3.8) is 0 Å². The van der Waals surface area contributed by atoms with Crippen molar-refractivity contribution in [3.8, 4) is 11.5 Å².